The second-order valence-corrected chi connectivity index (χ2v) is 4.30. The number of hydrogen-bond acceptors (Lipinski definition) is 3. The first-order chi connectivity index (χ1) is 8.16. The monoisotopic (exact) mass is 256 g/mol. The van der Waals surface area contributed by atoms with Gasteiger partial charge in [-0.1, -0.05) is 0 Å². The largest absolute Gasteiger partial charge is 0.452 e. The molecule has 1 heterocycles. The van der Waals surface area contributed by atoms with Gasteiger partial charge < -0.3 is 15.1 Å². The highest BCUT2D eigenvalue weighted by atomic mass is 35.5. The number of carbonyl (C=O) groups is 2. The Kier molecular flexibility index (Phi) is 3.68. The Morgan fingerprint density at radius 2 is 2.24 bits per heavy atom. The van der Waals surface area contributed by atoms with E-state index in [1.54, 1.807) is 0 Å². The van der Waals surface area contributed by atoms with Crippen LogP contribution in [-0.4, -0.2) is 24.4 Å². The lowest BCUT2D eigenvalue weighted by molar-refractivity contribution is -0.121. The molecular formula is C11H13ClN2O3. The Morgan fingerprint density at radius 1 is 1.47 bits per heavy atom. The van der Waals surface area contributed by atoms with Crippen LogP contribution in [-0.2, 0) is 4.79 Å². The molecule has 0 radical (unpaired) electrons. The summed E-state index contributed by atoms with van der Waals surface area (Å²) in [6.45, 7) is 0.291. The molecule has 0 saturated heterocycles. The molecule has 0 atom stereocenters. The van der Waals surface area contributed by atoms with Gasteiger partial charge in [0.1, 0.15) is 0 Å². The summed E-state index contributed by atoms with van der Waals surface area (Å²) in [4.78, 5) is 22.9. The third kappa shape index (κ3) is 3.49. The Hall–Kier alpha value is -1.49. The van der Waals surface area contributed by atoms with Gasteiger partial charge in [0.25, 0.3) is 5.91 Å². The zero-order valence-corrected chi connectivity index (χ0v) is 9.92. The first kappa shape index (κ1) is 12.0. The molecule has 1 aliphatic carbocycles. The van der Waals surface area contributed by atoms with E-state index in [4.69, 9.17) is 16.0 Å². The molecule has 2 rings (SSSR count). The third-order valence-corrected chi connectivity index (χ3v) is 2.74. The number of amides is 2. The second-order valence-electron chi connectivity index (χ2n) is 3.96. The van der Waals surface area contributed by atoms with Crippen molar-refractivity contribution < 1.29 is 14.0 Å². The van der Waals surface area contributed by atoms with Crippen molar-refractivity contribution >= 4 is 23.4 Å². The lowest BCUT2D eigenvalue weighted by atomic mass is 10.3. The molecule has 1 aromatic rings. The van der Waals surface area contributed by atoms with Gasteiger partial charge in [-0.15, -0.1) is 0 Å². The average molecular weight is 257 g/mol. The van der Waals surface area contributed by atoms with Gasteiger partial charge >= 0.3 is 0 Å². The molecule has 5 nitrogen and oxygen atoms in total. The lowest BCUT2D eigenvalue weighted by Crippen LogP contribution is -2.31. The van der Waals surface area contributed by atoms with Crippen LogP contribution in [0.5, 0.6) is 0 Å². The number of nitrogens with one attached hydrogen (secondary N) is 2. The van der Waals surface area contributed by atoms with Crippen molar-refractivity contribution in [2.45, 2.75) is 25.3 Å². The first-order valence-corrected chi connectivity index (χ1v) is 5.85. The van der Waals surface area contributed by atoms with E-state index in [1.807, 2.05) is 0 Å². The van der Waals surface area contributed by atoms with Crippen LogP contribution in [0.3, 0.4) is 0 Å². The van der Waals surface area contributed by atoms with Gasteiger partial charge in [-0.05, 0) is 30.5 Å². The summed E-state index contributed by atoms with van der Waals surface area (Å²) in [5, 5.41) is 5.51. The summed E-state index contributed by atoms with van der Waals surface area (Å²) in [5.74, 6) is -0.367. The van der Waals surface area contributed by atoms with Crippen LogP contribution in [0.25, 0.3) is 0 Å². The summed E-state index contributed by atoms with van der Waals surface area (Å²) in [6, 6.07) is 1.84. The molecule has 6 heteroatoms. The van der Waals surface area contributed by atoms with E-state index in [-0.39, 0.29) is 29.0 Å². The maximum absolute atomic E-state index is 11.6. The standard InChI is InChI=1S/C11H13ClN2O3/c12-10-8(4-6-17-10)11(16)13-5-3-9(15)14-7-1-2-7/h4,6-7H,1-3,5H2,(H,13,16)(H,14,15). The number of furan rings is 1. The van der Waals surface area contributed by atoms with Gasteiger partial charge in [0.2, 0.25) is 11.1 Å². The van der Waals surface area contributed by atoms with Crippen molar-refractivity contribution in [2.75, 3.05) is 6.54 Å². The first-order valence-electron chi connectivity index (χ1n) is 5.47. The molecule has 0 unspecified atom stereocenters. The van der Waals surface area contributed by atoms with E-state index in [1.165, 1.54) is 12.3 Å². The van der Waals surface area contributed by atoms with E-state index >= 15 is 0 Å². The number of halogens is 1. The topological polar surface area (TPSA) is 71.3 Å². The van der Waals surface area contributed by atoms with E-state index in [9.17, 15) is 9.59 Å². The van der Waals surface area contributed by atoms with E-state index in [2.05, 4.69) is 10.6 Å². The highest BCUT2D eigenvalue weighted by molar-refractivity contribution is 6.32. The molecule has 2 amide bonds. The Morgan fingerprint density at radius 3 is 2.82 bits per heavy atom. The second kappa shape index (κ2) is 5.23. The number of carbonyl (C=O) groups excluding carboxylic acids is 2. The van der Waals surface area contributed by atoms with Crippen molar-refractivity contribution in [3.63, 3.8) is 0 Å². The quantitative estimate of drug-likeness (QED) is 0.835. The van der Waals surface area contributed by atoms with E-state index < -0.39 is 0 Å². The lowest BCUT2D eigenvalue weighted by Gasteiger charge is -2.04. The SMILES string of the molecule is O=C(CCNC(=O)c1ccoc1Cl)NC1CC1. The number of hydrogen-bond donors (Lipinski definition) is 2. The van der Waals surface area contributed by atoms with Gasteiger partial charge in [-0.3, -0.25) is 9.59 Å². The highest BCUT2D eigenvalue weighted by Crippen LogP contribution is 2.18. The Labute approximate surface area is 104 Å². The molecule has 1 fully saturated rings. The summed E-state index contributed by atoms with van der Waals surface area (Å²) in [7, 11) is 0. The van der Waals surface area contributed by atoms with Crippen molar-refractivity contribution in [1.29, 1.82) is 0 Å². The molecule has 1 saturated carbocycles. The molecule has 1 aromatic heterocycles. The predicted octanol–water partition coefficient (Wildman–Crippen LogP) is 1.33. The Bertz CT molecular complexity index is 426. The molecule has 0 bridgehead atoms. The summed E-state index contributed by atoms with van der Waals surface area (Å²) < 4.78 is 4.80. The normalized spacial score (nSPS) is 14.4. The van der Waals surface area contributed by atoms with Gasteiger partial charge in [-0.25, -0.2) is 0 Å². The smallest absolute Gasteiger partial charge is 0.256 e. The third-order valence-electron chi connectivity index (χ3n) is 2.44. The minimum atomic E-state index is -0.331. The molecule has 2 N–H and O–H groups in total. The molecule has 17 heavy (non-hydrogen) atoms. The van der Waals surface area contributed by atoms with E-state index in [0.29, 0.717) is 12.6 Å². The van der Waals surface area contributed by atoms with E-state index in [0.717, 1.165) is 12.8 Å². The Balaban J connectivity index is 1.69. The molecule has 0 aliphatic heterocycles. The van der Waals surface area contributed by atoms with Crippen LogP contribution >= 0.6 is 11.6 Å². The van der Waals surface area contributed by atoms with Crippen LogP contribution in [0, 0.1) is 0 Å². The fourth-order valence-electron chi connectivity index (χ4n) is 1.37. The van der Waals surface area contributed by atoms with Gasteiger partial charge in [0, 0.05) is 19.0 Å². The zero-order valence-electron chi connectivity index (χ0n) is 9.16. The van der Waals surface area contributed by atoms with Crippen molar-refractivity contribution in [3.8, 4) is 0 Å². The fraction of sp³-hybridized carbons (Fsp3) is 0.455. The van der Waals surface area contributed by atoms with Gasteiger partial charge in [-0.2, -0.15) is 0 Å². The maximum atomic E-state index is 11.6. The van der Waals surface area contributed by atoms with Crippen LogP contribution in [0.4, 0.5) is 0 Å². The minimum absolute atomic E-state index is 0.0360. The van der Waals surface area contributed by atoms with Gasteiger partial charge in [0.15, 0.2) is 0 Å². The van der Waals surface area contributed by atoms with Crippen LogP contribution < -0.4 is 10.6 Å². The molecular weight excluding hydrogens is 244 g/mol. The molecule has 92 valence electrons. The van der Waals surface area contributed by atoms with Crippen molar-refractivity contribution in [3.05, 3.63) is 23.1 Å². The summed E-state index contributed by atoms with van der Waals surface area (Å²) in [6.07, 6.45) is 3.74. The minimum Gasteiger partial charge on any atom is -0.452 e. The van der Waals surface area contributed by atoms with Crippen LogP contribution in [0.1, 0.15) is 29.6 Å². The van der Waals surface area contributed by atoms with Crippen molar-refractivity contribution in [2.24, 2.45) is 0 Å². The zero-order chi connectivity index (χ0) is 12.3. The van der Waals surface area contributed by atoms with Crippen molar-refractivity contribution in [1.82, 2.24) is 10.6 Å². The average Bonchev–Trinajstić information content (AvgIpc) is 2.98. The summed E-state index contributed by atoms with van der Waals surface area (Å²) >= 11 is 5.65. The maximum Gasteiger partial charge on any atom is 0.256 e. The predicted molar refractivity (Wildman–Crippen MR) is 61.8 cm³/mol. The fourth-order valence-corrected chi connectivity index (χ4v) is 1.57. The van der Waals surface area contributed by atoms with Crippen LogP contribution in [0.15, 0.2) is 16.7 Å². The van der Waals surface area contributed by atoms with Gasteiger partial charge in [0.05, 0.1) is 11.8 Å². The molecule has 0 spiro atoms. The van der Waals surface area contributed by atoms with Crippen LogP contribution in [0.2, 0.25) is 5.22 Å². The number of rotatable bonds is 5. The molecule has 0 aromatic carbocycles. The summed E-state index contributed by atoms with van der Waals surface area (Å²) in [5.41, 5.74) is 0.286. The molecule has 1 aliphatic rings. The highest BCUT2D eigenvalue weighted by Gasteiger charge is 2.22.